The lowest BCUT2D eigenvalue weighted by molar-refractivity contribution is 0.146. The van der Waals surface area contributed by atoms with Gasteiger partial charge in [-0.25, -0.2) is 13.2 Å². The number of benzene rings is 2. The van der Waals surface area contributed by atoms with E-state index in [4.69, 9.17) is 0 Å². The molecule has 1 saturated heterocycles. The fraction of sp³-hybridized carbons (Fsp3) is 0.333. The summed E-state index contributed by atoms with van der Waals surface area (Å²) in [5.74, 6) is -0.884. The summed E-state index contributed by atoms with van der Waals surface area (Å²) in [5, 5.41) is 19.0. The van der Waals surface area contributed by atoms with Crippen molar-refractivity contribution in [2.45, 2.75) is 31.9 Å². The maximum absolute atomic E-state index is 14.5. The van der Waals surface area contributed by atoms with Crippen LogP contribution in [0.15, 0.2) is 42.6 Å². The molecule has 1 aliphatic heterocycles. The van der Waals surface area contributed by atoms with Crippen LogP contribution in [0.4, 0.5) is 24.5 Å². The van der Waals surface area contributed by atoms with E-state index in [1.54, 1.807) is 13.1 Å². The van der Waals surface area contributed by atoms with E-state index in [1.807, 2.05) is 18.2 Å². The summed E-state index contributed by atoms with van der Waals surface area (Å²) in [5.41, 5.74) is 1.90. The Balaban J connectivity index is 1.62. The third-order valence-corrected chi connectivity index (χ3v) is 5.20. The van der Waals surface area contributed by atoms with Gasteiger partial charge in [-0.2, -0.15) is 10.2 Å². The molecule has 152 valence electrons. The maximum Gasteiger partial charge on any atom is 0.266 e. The summed E-state index contributed by atoms with van der Waals surface area (Å²) in [6, 6.07) is 9.70. The first-order chi connectivity index (χ1) is 14.0. The number of halogens is 3. The van der Waals surface area contributed by atoms with Gasteiger partial charge in [-0.05, 0) is 38.1 Å². The zero-order valence-electron chi connectivity index (χ0n) is 15.9. The Kier molecular flexibility index (Phi) is 5.53. The molecule has 5 nitrogen and oxygen atoms in total. The van der Waals surface area contributed by atoms with E-state index in [-0.39, 0.29) is 5.56 Å². The normalized spacial score (nSPS) is 17.6. The van der Waals surface area contributed by atoms with Crippen molar-refractivity contribution in [1.29, 1.82) is 0 Å². The molecule has 3 aromatic rings. The van der Waals surface area contributed by atoms with Gasteiger partial charge >= 0.3 is 0 Å². The fourth-order valence-corrected chi connectivity index (χ4v) is 3.66. The maximum atomic E-state index is 14.5. The first-order valence-corrected chi connectivity index (χ1v) is 9.58. The molecule has 0 amide bonds. The van der Waals surface area contributed by atoms with Gasteiger partial charge in [0.05, 0.1) is 29.0 Å². The van der Waals surface area contributed by atoms with E-state index in [0.717, 1.165) is 36.7 Å². The molecule has 1 aliphatic rings. The molecule has 0 radical (unpaired) electrons. The Bertz CT molecular complexity index is 1000. The van der Waals surface area contributed by atoms with Crippen LogP contribution in [-0.4, -0.2) is 29.3 Å². The summed E-state index contributed by atoms with van der Waals surface area (Å²) in [6.45, 7) is 3.63. The highest BCUT2D eigenvalue weighted by Crippen LogP contribution is 2.31. The average Bonchev–Trinajstić information content (AvgIpc) is 3.21. The van der Waals surface area contributed by atoms with Crippen LogP contribution >= 0.6 is 0 Å². The summed E-state index contributed by atoms with van der Waals surface area (Å²) in [7, 11) is 0. The number of rotatable bonds is 6. The number of fused-ring (bicyclic) bond motifs is 1. The zero-order chi connectivity index (χ0) is 20.4. The van der Waals surface area contributed by atoms with Gasteiger partial charge in [0.25, 0.3) is 6.43 Å². The van der Waals surface area contributed by atoms with Gasteiger partial charge in [0.1, 0.15) is 5.82 Å². The lowest BCUT2D eigenvalue weighted by Gasteiger charge is -2.19. The van der Waals surface area contributed by atoms with Crippen LogP contribution in [0, 0.1) is 5.82 Å². The molecule has 29 heavy (non-hydrogen) atoms. The van der Waals surface area contributed by atoms with Crippen LogP contribution < -0.4 is 16.0 Å². The minimum atomic E-state index is -2.86. The number of hydrogen-bond acceptors (Lipinski definition) is 5. The lowest BCUT2D eigenvalue weighted by atomic mass is 10.0. The summed E-state index contributed by atoms with van der Waals surface area (Å²) >= 11 is 0. The van der Waals surface area contributed by atoms with Gasteiger partial charge in [0, 0.05) is 29.2 Å². The number of nitrogens with zero attached hydrogens (tertiary/aromatic N) is 2. The third-order valence-electron chi connectivity index (χ3n) is 5.20. The second-order valence-corrected chi connectivity index (χ2v) is 7.24. The smallest absolute Gasteiger partial charge is 0.266 e. The molecule has 2 aromatic carbocycles. The molecule has 1 aromatic heterocycles. The Morgan fingerprint density at radius 1 is 1.17 bits per heavy atom. The molecular formula is C21H22F3N5. The van der Waals surface area contributed by atoms with Gasteiger partial charge in [-0.15, -0.1) is 0 Å². The topological polar surface area (TPSA) is 61.9 Å². The summed E-state index contributed by atoms with van der Waals surface area (Å²) < 4.78 is 40.6. The molecule has 4 rings (SSSR count). The largest absolute Gasteiger partial charge is 0.381 e. The van der Waals surface area contributed by atoms with Gasteiger partial charge in [0.2, 0.25) is 0 Å². The van der Waals surface area contributed by atoms with Crippen LogP contribution in [0.5, 0.6) is 0 Å². The minimum absolute atomic E-state index is 0.180. The minimum Gasteiger partial charge on any atom is -0.381 e. The molecule has 0 saturated carbocycles. The molecule has 2 heterocycles. The van der Waals surface area contributed by atoms with Crippen molar-refractivity contribution in [3.05, 3.63) is 59.5 Å². The van der Waals surface area contributed by atoms with E-state index in [1.165, 1.54) is 12.1 Å². The van der Waals surface area contributed by atoms with Crippen molar-refractivity contribution in [3.63, 3.8) is 0 Å². The Morgan fingerprint density at radius 2 is 2.00 bits per heavy atom. The predicted octanol–water partition coefficient (Wildman–Crippen LogP) is 4.65. The van der Waals surface area contributed by atoms with Crippen LogP contribution in [0.2, 0.25) is 0 Å². The molecule has 3 N–H and O–H groups in total. The SMILES string of the molecule is C[C@@H](Nc1cnnc2ccc(N[C@H]3CCNC3)cc12)c1cccc(C(F)F)c1F. The van der Waals surface area contributed by atoms with Crippen LogP contribution in [0.3, 0.4) is 0 Å². The highest BCUT2D eigenvalue weighted by Gasteiger charge is 2.20. The molecular weight excluding hydrogens is 379 g/mol. The molecule has 0 spiro atoms. The van der Waals surface area contributed by atoms with Crippen molar-refractivity contribution in [2.24, 2.45) is 0 Å². The molecule has 1 fully saturated rings. The van der Waals surface area contributed by atoms with Crippen molar-refractivity contribution >= 4 is 22.3 Å². The van der Waals surface area contributed by atoms with E-state index in [0.29, 0.717) is 17.2 Å². The van der Waals surface area contributed by atoms with Gasteiger partial charge in [-0.1, -0.05) is 18.2 Å². The summed E-state index contributed by atoms with van der Waals surface area (Å²) in [6.07, 6.45) is -0.243. The molecule has 0 aliphatic carbocycles. The zero-order valence-corrected chi connectivity index (χ0v) is 15.9. The van der Waals surface area contributed by atoms with Gasteiger partial charge < -0.3 is 16.0 Å². The van der Waals surface area contributed by atoms with E-state index in [2.05, 4.69) is 26.1 Å². The second-order valence-electron chi connectivity index (χ2n) is 7.24. The number of alkyl halides is 2. The average molecular weight is 401 g/mol. The molecule has 8 heteroatoms. The Hall–Kier alpha value is -2.87. The third kappa shape index (κ3) is 4.12. The van der Waals surface area contributed by atoms with Gasteiger partial charge in [-0.3, -0.25) is 0 Å². The standard InChI is InChI=1S/C21H22F3N5/c1-12(15-3-2-4-16(20(15)22)21(23)24)27-19-11-26-29-18-6-5-13(9-17(18)19)28-14-7-8-25-10-14/h2-6,9,11-12,14,21,25,28H,7-8,10H2,1H3,(H,27,29)/t12-,14+/m1/s1. The highest BCUT2D eigenvalue weighted by atomic mass is 19.3. The highest BCUT2D eigenvalue weighted by molar-refractivity contribution is 5.92. The van der Waals surface area contributed by atoms with Crippen molar-refractivity contribution < 1.29 is 13.2 Å². The molecule has 0 bridgehead atoms. The van der Waals surface area contributed by atoms with Crippen LogP contribution in [-0.2, 0) is 0 Å². The number of nitrogens with one attached hydrogen (secondary N) is 3. The number of anilines is 2. The number of hydrogen-bond donors (Lipinski definition) is 3. The first kappa shape index (κ1) is 19.4. The Labute approximate surface area is 166 Å². The quantitative estimate of drug-likeness (QED) is 0.561. The monoisotopic (exact) mass is 401 g/mol. The first-order valence-electron chi connectivity index (χ1n) is 9.58. The van der Waals surface area contributed by atoms with Crippen molar-refractivity contribution in [1.82, 2.24) is 15.5 Å². The van der Waals surface area contributed by atoms with Gasteiger partial charge in [0.15, 0.2) is 0 Å². The van der Waals surface area contributed by atoms with Crippen LogP contribution in [0.1, 0.15) is 36.9 Å². The molecule has 2 atom stereocenters. The molecule has 0 unspecified atom stereocenters. The fourth-order valence-electron chi connectivity index (χ4n) is 3.66. The van der Waals surface area contributed by atoms with E-state index >= 15 is 0 Å². The predicted molar refractivity (Wildman–Crippen MR) is 108 cm³/mol. The van der Waals surface area contributed by atoms with E-state index in [9.17, 15) is 13.2 Å². The second kappa shape index (κ2) is 8.24. The number of aromatic nitrogens is 2. The summed E-state index contributed by atoms with van der Waals surface area (Å²) in [4.78, 5) is 0. The van der Waals surface area contributed by atoms with Crippen molar-refractivity contribution in [2.75, 3.05) is 23.7 Å². The van der Waals surface area contributed by atoms with E-state index < -0.39 is 23.8 Å². The van der Waals surface area contributed by atoms with Crippen molar-refractivity contribution in [3.8, 4) is 0 Å². The Morgan fingerprint density at radius 3 is 2.76 bits per heavy atom. The lowest BCUT2D eigenvalue weighted by Crippen LogP contribution is -2.22. The van der Waals surface area contributed by atoms with Crippen LogP contribution in [0.25, 0.3) is 10.9 Å².